The normalized spacial score (nSPS) is 13.8. The lowest BCUT2D eigenvalue weighted by Gasteiger charge is -2.16. The van der Waals surface area contributed by atoms with E-state index in [2.05, 4.69) is 10.4 Å². The predicted octanol–water partition coefficient (Wildman–Crippen LogP) is -0.258. The van der Waals surface area contributed by atoms with Crippen molar-refractivity contribution < 1.29 is 14.7 Å². The molecular formula is C11H18N4O3S. The van der Waals surface area contributed by atoms with Crippen molar-refractivity contribution in [1.82, 2.24) is 15.1 Å². The molecule has 0 fully saturated rings. The number of aromatic nitrogens is 2. The quantitative estimate of drug-likeness (QED) is 0.637. The van der Waals surface area contributed by atoms with E-state index in [4.69, 9.17) is 10.8 Å². The Morgan fingerprint density at radius 3 is 2.79 bits per heavy atom. The van der Waals surface area contributed by atoms with Crippen LogP contribution >= 0.6 is 11.8 Å². The lowest BCUT2D eigenvalue weighted by atomic mass is 10.1. The van der Waals surface area contributed by atoms with Crippen molar-refractivity contribution in [1.29, 1.82) is 0 Å². The molecule has 0 saturated carbocycles. The molecule has 8 heteroatoms. The highest BCUT2D eigenvalue weighted by Crippen LogP contribution is 2.12. The van der Waals surface area contributed by atoms with Gasteiger partial charge >= 0.3 is 5.97 Å². The summed E-state index contributed by atoms with van der Waals surface area (Å²) in [5.41, 5.74) is 6.11. The second-order valence-corrected chi connectivity index (χ2v) is 5.10. The number of carbonyl (C=O) groups excluding carboxylic acids is 1. The molecule has 0 saturated heterocycles. The van der Waals surface area contributed by atoms with Gasteiger partial charge in [0.1, 0.15) is 0 Å². The summed E-state index contributed by atoms with van der Waals surface area (Å²) in [5.74, 6) is -0.858. The van der Waals surface area contributed by atoms with E-state index < -0.39 is 24.0 Å². The van der Waals surface area contributed by atoms with Gasteiger partial charge in [0.15, 0.2) is 6.04 Å². The first-order chi connectivity index (χ1) is 8.95. The fourth-order valence-electron chi connectivity index (χ4n) is 1.50. The van der Waals surface area contributed by atoms with E-state index in [1.165, 1.54) is 10.9 Å². The number of amides is 1. The second-order valence-electron chi connectivity index (χ2n) is 4.12. The van der Waals surface area contributed by atoms with Gasteiger partial charge < -0.3 is 16.2 Å². The molecular weight excluding hydrogens is 268 g/mol. The van der Waals surface area contributed by atoms with Gasteiger partial charge in [-0.05, 0) is 18.4 Å². The summed E-state index contributed by atoms with van der Waals surface area (Å²) in [6, 6.07) is -1.83. The van der Waals surface area contributed by atoms with Gasteiger partial charge in [-0.3, -0.25) is 9.48 Å². The van der Waals surface area contributed by atoms with Crippen molar-refractivity contribution in [2.75, 3.05) is 12.0 Å². The number of carboxylic acid groups (broad SMARTS) is 1. The fourth-order valence-corrected chi connectivity index (χ4v) is 1.99. The Morgan fingerprint density at radius 2 is 2.32 bits per heavy atom. The molecule has 2 atom stereocenters. The van der Waals surface area contributed by atoms with Crippen LogP contribution in [0, 0.1) is 0 Å². The highest BCUT2D eigenvalue weighted by Gasteiger charge is 2.25. The summed E-state index contributed by atoms with van der Waals surface area (Å²) >= 11 is 1.58. The molecule has 1 rings (SSSR count). The van der Waals surface area contributed by atoms with Crippen LogP contribution in [0.3, 0.4) is 0 Å². The summed E-state index contributed by atoms with van der Waals surface area (Å²) in [7, 11) is 1.68. The van der Waals surface area contributed by atoms with Gasteiger partial charge in [0.2, 0.25) is 5.91 Å². The van der Waals surface area contributed by atoms with Crippen LogP contribution in [0.5, 0.6) is 0 Å². The van der Waals surface area contributed by atoms with E-state index in [-0.39, 0.29) is 0 Å². The molecule has 1 aromatic rings. The number of hydrogen-bond donors (Lipinski definition) is 3. The molecule has 1 aromatic heterocycles. The Kier molecular flexibility index (Phi) is 5.84. The third-order valence-electron chi connectivity index (χ3n) is 2.56. The fraction of sp³-hybridized carbons (Fsp3) is 0.545. The predicted molar refractivity (Wildman–Crippen MR) is 72.7 cm³/mol. The lowest BCUT2D eigenvalue weighted by Crippen LogP contribution is -2.44. The zero-order valence-electron chi connectivity index (χ0n) is 10.9. The Bertz CT molecular complexity index is 449. The number of carboxylic acids is 1. The third kappa shape index (κ3) is 4.56. The summed E-state index contributed by atoms with van der Waals surface area (Å²) in [6.45, 7) is 0. The monoisotopic (exact) mass is 286 g/mol. The van der Waals surface area contributed by atoms with Gasteiger partial charge in [0.25, 0.3) is 0 Å². The maximum atomic E-state index is 11.8. The molecule has 0 aromatic carbocycles. The number of rotatable bonds is 7. The molecule has 19 heavy (non-hydrogen) atoms. The Balaban J connectivity index is 2.69. The average molecular weight is 286 g/mol. The first-order valence-electron chi connectivity index (χ1n) is 5.72. The number of hydrogen-bond acceptors (Lipinski definition) is 5. The number of thioether (sulfide) groups is 1. The number of carbonyl (C=O) groups is 2. The first kappa shape index (κ1) is 15.5. The van der Waals surface area contributed by atoms with Crippen LogP contribution < -0.4 is 11.1 Å². The van der Waals surface area contributed by atoms with Crippen LogP contribution in [0.1, 0.15) is 18.0 Å². The van der Waals surface area contributed by atoms with Gasteiger partial charge in [0, 0.05) is 18.8 Å². The first-order valence-corrected chi connectivity index (χ1v) is 7.11. The zero-order valence-corrected chi connectivity index (χ0v) is 11.7. The van der Waals surface area contributed by atoms with E-state index in [0.717, 1.165) is 5.75 Å². The Hall–Kier alpha value is -1.54. The van der Waals surface area contributed by atoms with Crippen molar-refractivity contribution >= 4 is 23.6 Å². The average Bonchev–Trinajstić information content (AvgIpc) is 2.78. The number of nitrogens with two attached hydrogens (primary N) is 1. The zero-order chi connectivity index (χ0) is 14.4. The van der Waals surface area contributed by atoms with Crippen LogP contribution in [0.25, 0.3) is 0 Å². The van der Waals surface area contributed by atoms with Gasteiger partial charge in [-0.2, -0.15) is 16.9 Å². The minimum atomic E-state index is -1.14. The van der Waals surface area contributed by atoms with E-state index in [1.807, 2.05) is 6.26 Å². The molecule has 0 aliphatic carbocycles. The molecule has 0 spiro atoms. The topological polar surface area (TPSA) is 110 Å². The van der Waals surface area contributed by atoms with Gasteiger partial charge in [-0.1, -0.05) is 0 Å². The molecule has 4 N–H and O–H groups in total. The molecule has 1 heterocycles. The van der Waals surface area contributed by atoms with Crippen molar-refractivity contribution in [2.45, 2.75) is 18.5 Å². The van der Waals surface area contributed by atoms with Crippen LogP contribution in [-0.2, 0) is 16.6 Å². The Morgan fingerprint density at radius 1 is 1.63 bits per heavy atom. The molecule has 7 nitrogen and oxygen atoms in total. The third-order valence-corrected chi connectivity index (χ3v) is 3.21. The van der Waals surface area contributed by atoms with E-state index in [9.17, 15) is 9.59 Å². The van der Waals surface area contributed by atoms with E-state index >= 15 is 0 Å². The summed E-state index contributed by atoms with van der Waals surface area (Å²) in [5, 5.41) is 15.5. The molecule has 0 aliphatic rings. The summed E-state index contributed by atoms with van der Waals surface area (Å²) in [6.07, 6.45) is 5.38. The van der Waals surface area contributed by atoms with E-state index in [0.29, 0.717) is 12.0 Å². The SMILES string of the molecule is CSCC[C@@H](N)C(=O)NC(C(=O)O)c1cnn(C)c1. The molecule has 0 bridgehead atoms. The lowest BCUT2D eigenvalue weighted by molar-refractivity contribution is -0.142. The minimum Gasteiger partial charge on any atom is -0.479 e. The van der Waals surface area contributed by atoms with Gasteiger partial charge in [-0.25, -0.2) is 4.79 Å². The standard InChI is InChI=1S/C11H18N4O3S/c1-15-6-7(5-13-15)9(11(17)18)14-10(16)8(12)3-4-19-2/h5-6,8-9H,3-4,12H2,1-2H3,(H,14,16)(H,17,18)/t8-,9?/m1/s1. The van der Waals surface area contributed by atoms with Crippen LogP contribution in [0.15, 0.2) is 12.4 Å². The molecule has 0 radical (unpaired) electrons. The van der Waals surface area contributed by atoms with Crippen LogP contribution in [-0.4, -0.2) is 44.8 Å². The highest BCUT2D eigenvalue weighted by atomic mass is 32.2. The highest BCUT2D eigenvalue weighted by molar-refractivity contribution is 7.98. The molecule has 106 valence electrons. The molecule has 0 aliphatic heterocycles. The van der Waals surface area contributed by atoms with Gasteiger partial charge in [0.05, 0.1) is 12.2 Å². The number of aryl methyl sites for hydroxylation is 1. The summed E-state index contributed by atoms with van der Waals surface area (Å²) < 4.78 is 1.48. The molecule has 1 unspecified atom stereocenters. The Labute approximate surface area is 115 Å². The number of nitrogens with zero attached hydrogens (tertiary/aromatic N) is 2. The van der Waals surface area contributed by atoms with Crippen LogP contribution in [0.4, 0.5) is 0 Å². The largest absolute Gasteiger partial charge is 0.479 e. The smallest absolute Gasteiger partial charge is 0.331 e. The molecule has 1 amide bonds. The number of nitrogens with one attached hydrogen (secondary N) is 1. The maximum Gasteiger partial charge on any atom is 0.331 e. The van der Waals surface area contributed by atoms with Crippen molar-refractivity contribution in [2.24, 2.45) is 12.8 Å². The maximum absolute atomic E-state index is 11.8. The summed E-state index contributed by atoms with van der Waals surface area (Å²) in [4.78, 5) is 23.0. The van der Waals surface area contributed by atoms with Crippen molar-refractivity contribution in [3.05, 3.63) is 18.0 Å². The van der Waals surface area contributed by atoms with Gasteiger partial charge in [-0.15, -0.1) is 0 Å². The van der Waals surface area contributed by atoms with Crippen molar-refractivity contribution in [3.63, 3.8) is 0 Å². The van der Waals surface area contributed by atoms with Crippen molar-refractivity contribution in [3.8, 4) is 0 Å². The number of aliphatic carboxylic acids is 1. The van der Waals surface area contributed by atoms with E-state index in [1.54, 1.807) is 25.0 Å². The minimum absolute atomic E-state index is 0.417. The van der Waals surface area contributed by atoms with Crippen LogP contribution in [0.2, 0.25) is 0 Å². The second kappa shape index (κ2) is 7.15.